The first-order chi connectivity index (χ1) is 10.6. The summed E-state index contributed by atoms with van der Waals surface area (Å²) < 4.78 is 1.45. The summed E-state index contributed by atoms with van der Waals surface area (Å²) >= 11 is 1.32. The second kappa shape index (κ2) is 7.77. The smallest absolute Gasteiger partial charge is 0.248 e. The third-order valence-electron chi connectivity index (χ3n) is 2.97. The van der Waals surface area contributed by atoms with E-state index in [4.69, 9.17) is 5.73 Å². The van der Waals surface area contributed by atoms with Crippen LogP contribution in [-0.4, -0.2) is 38.9 Å². The number of anilines is 1. The number of carbonyl (C=O) groups is 2. The number of nitrogens with zero attached hydrogens (tertiary/aromatic N) is 2. The van der Waals surface area contributed by atoms with Crippen LogP contribution in [0.4, 0.5) is 5.82 Å². The summed E-state index contributed by atoms with van der Waals surface area (Å²) in [5, 5.41) is 2.74. The first kappa shape index (κ1) is 16.3. The normalized spacial score (nSPS) is 11.9. The molecular weight excluding hydrogens is 300 g/mol. The molecule has 2 aromatic heterocycles. The number of nitrogens with one attached hydrogen (secondary N) is 1. The quantitative estimate of drug-likeness (QED) is 0.843. The second-order valence-corrected chi connectivity index (χ2v) is 5.80. The van der Waals surface area contributed by atoms with Crippen LogP contribution in [0, 0.1) is 6.92 Å². The summed E-state index contributed by atoms with van der Waals surface area (Å²) in [6, 6.07) is 6.58. The second-order valence-electron chi connectivity index (χ2n) is 4.77. The maximum absolute atomic E-state index is 11.9. The van der Waals surface area contributed by atoms with Gasteiger partial charge in [0, 0.05) is 24.3 Å². The molecule has 0 radical (unpaired) electrons. The molecule has 0 spiro atoms. The van der Waals surface area contributed by atoms with Crippen LogP contribution in [0.1, 0.15) is 10.4 Å². The first-order valence-corrected chi connectivity index (χ1v) is 7.95. The number of amides is 1. The fraction of sp³-hybridized carbons (Fsp3) is 0.267. The molecule has 0 aliphatic rings. The van der Waals surface area contributed by atoms with Crippen molar-refractivity contribution in [1.29, 1.82) is 0 Å². The number of aryl methyl sites for hydroxylation is 1. The van der Waals surface area contributed by atoms with Crippen molar-refractivity contribution in [2.45, 2.75) is 13.0 Å². The molecular formula is C15H18N4O2S. The van der Waals surface area contributed by atoms with E-state index < -0.39 is 6.04 Å². The Morgan fingerprint density at radius 1 is 1.36 bits per heavy atom. The average molecular weight is 318 g/mol. The number of pyridine rings is 1. The summed E-state index contributed by atoms with van der Waals surface area (Å²) in [7, 11) is 0. The Kier molecular flexibility index (Phi) is 5.74. The van der Waals surface area contributed by atoms with Gasteiger partial charge in [0.1, 0.15) is 5.82 Å². The van der Waals surface area contributed by atoms with E-state index in [1.807, 2.05) is 19.1 Å². The number of carbonyl (C=O) groups excluding carboxylic acids is 2. The van der Waals surface area contributed by atoms with E-state index in [-0.39, 0.29) is 17.6 Å². The van der Waals surface area contributed by atoms with Crippen molar-refractivity contribution in [2.75, 3.05) is 16.8 Å². The zero-order valence-corrected chi connectivity index (χ0v) is 13.0. The zero-order valence-electron chi connectivity index (χ0n) is 12.2. The summed E-state index contributed by atoms with van der Waals surface area (Å²) in [6.07, 6.45) is 4.94. The molecule has 0 aliphatic carbocycles. The van der Waals surface area contributed by atoms with Gasteiger partial charge in [0.2, 0.25) is 11.8 Å². The number of hydrogen-bond donors (Lipinski definition) is 2. The highest BCUT2D eigenvalue weighted by molar-refractivity contribution is 8.00. The fourth-order valence-electron chi connectivity index (χ4n) is 1.81. The highest BCUT2D eigenvalue weighted by Gasteiger charge is 2.15. The van der Waals surface area contributed by atoms with Crippen LogP contribution in [-0.2, 0) is 4.79 Å². The third kappa shape index (κ3) is 4.44. The summed E-state index contributed by atoms with van der Waals surface area (Å²) in [5.74, 6) is 0.820. The van der Waals surface area contributed by atoms with Gasteiger partial charge in [-0.05, 0) is 30.7 Å². The van der Waals surface area contributed by atoms with Gasteiger partial charge in [-0.2, -0.15) is 0 Å². The lowest BCUT2D eigenvalue weighted by Gasteiger charge is -2.11. The molecule has 0 unspecified atom stereocenters. The van der Waals surface area contributed by atoms with Gasteiger partial charge in [0.05, 0.1) is 11.8 Å². The van der Waals surface area contributed by atoms with E-state index >= 15 is 0 Å². The van der Waals surface area contributed by atoms with Crippen LogP contribution in [0.15, 0.2) is 42.9 Å². The largest absolute Gasteiger partial charge is 0.319 e. The van der Waals surface area contributed by atoms with Crippen molar-refractivity contribution >= 4 is 29.4 Å². The highest BCUT2D eigenvalue weighted by atomic mass is 32.2. The maximum atomic E-state index is 11.9. The van der Waals surface area contributed by atoms with Gasteiger partial charge in [-0.15, -0.1) is 11.8 Å². The van der Waals surface area contributed by atoms with Gasteiger partial charge >= 0.3 is 0 Å². The Morgan fingerprint density at radius 2 is 2.09 bits per heavy atom. The minimum absolute atomic E-state index is 0.160. The lowest BCUT2D eigenvalue weighted by Crippen LogP contribution is -2.36. The lowest BCUT2D eigenvalue weighted by molar-refractivity contribution is -0.113. The van der Waals surface area contributed by atoms with Crippen LogP contribution in [0.5, 0.6) is 0 Å². The maximum Gasteiger partial charge on any atom is 0.248 e. The number of aromatic nitrogens is 2. The number of thioether (sulfide) groups is 1. The van der Waals surface area contributed by atoms with Crippen LogP contribution in [0.25, 0.3) is 0 Å². The molecule has 3 N–H and O–H groups in total. The van der Waals surface area contributed by atoms with Gasteiger partial charge in [-0.25, -0.2) is 4.98 Å². The number of hydrogen-bond acceptors (Lipinski definition) is 5. The van der Waals surface area contributed by atoms with E-state index in [2.05, 4.69) is 10.3 Å². The summed E-state index contributed by atoms with van der Waals surface area (Å²) in [6.45, 7) is 1.88. The molecule has 7 heteroatoms. The van der Waals surface area contributed by atoms with Crippen molar-refractivity contribution < 1.29 is 9.59 Å². The van der Waals surface area contributed by atoms with Gasteiger partial charge in [0.25, 0.3) is 0 Å². The molecule has 0 saturated carbocycles. The molecule has 6 nitrogen and oxygen atoms in total. The standard InChI is InChI=1S/C15H18N4O2S/c1-11-5-4-6-17-14(11)18-13(20)10-22-9-12(16)15(21)19-7-2-3-8-19/h2-8,12H,9-10,16H2,1H3,(H,17,18,20)/t12-/m1/s1. The first-order valence-electron chi connectivity index (χ1n) is 6.80. The van der Waals surface area contributed by atoms with E-state index in [0.717, 1.165) is 5.56 Å². The predicted molar refractivity (Wildman–Crippen MR) is 88.0 cm³/mol. The van der Waals surface area contributed by atoms with Gasteiger partial charge < -0.3 is 11.1 Å². The number of rotatable bonds is 6. The molecule has 1 atom stereocenters. The molecule has 2 rings (SSSR count). The molecule has 116 valence electrons. The van der Waals surface area contributed by atoms with Crippen LogP contribution < -0.4 is 11.1 Å². The molecule has 0 saturated heterocycles. The van der Waals surface area contributed by atoms with Crippen LogP contribution in [0.2, 0.25) is 0 Å². The molecule has 0 bridgehead atoms. The molecule has 2 heterocycles. The SMILES string of the molecule is Cc1cccnc1NC(=O)CSC[C@@H](N)C(=O)n1cccc1. The number of nitrogens with two attached hydrogens (primary N) is 1. The topological polar surface area (TPSA) is 90.0 Å². The Bertz CT molecular complexity index is 643. The molecule has 0 aliphatic heterocycles. The molecule has 22 heavy (non-hydrogen) atoms. The lowest BCUT2D eigenvalue weighted by atomic mass is 10.3. The van der Waals surface area contributed by atoms with Crippen molar-refractivity contribution in [3.05, 3.63) is 48.4 Å². The van der Waals surface area contributed by atoms with Crippen LogP contribution in [0.3, 0.4) is 0 Å². The molecule has 0 aromatic carbocycles. The van der Waals surface area contributed by atoms with E-state index in [1.54, 1.807) is 30.7 Å². The Labute approximate surface area is 133 Å². The van der Waals surface area contributed by atoms with Gasteiger partial charge in [0.15, 0.2) is 0 Å². The minimum Gasteiger partial charge on any atom is -0.319 e. The van der Waals surface area contributed by atoms with Gasteiger partial charge in [-0.1, -0.05) is 6.07 Å². The van der Waals surface area contributed by atoms with Gasteiger partial charge in [-0.3, -0.25) is 14.2 Å². The monoisotopic (exact) mass is 318 g/mol. The zero-order chi connectivity index (χ0) is 15.9. The molecule has 1 amide bonds. The van der Waals surface area contributed by atoms with Crippen molar-refractivity contribution in [1.82, 2.24) is 9.55 Å². The van der Waals surface area contributed by atoms with E-state index in [9.17, 15) is 9.59 Å². The van der Waals surface area contributed by atoms with E-state index in [0.29, 0.717) is 11.6 Å². The highest BCUT2D eigenvalue weighted by Crippen LogP contribution is 2.10. The van der Waals surface area contributed by atoms with E-state index in [1.165, 1.54) is 16.3 Å². The van der Waals surface area contributed by atoms with Crippen molar-refractivity contribution in [3.63, 3.8) is 0 Å². The van der Waals surface area contributed by atoms with Crippen LogP contribution >= 0.6 is 11.8 Å². The third-order valence-corrected chi connectivity index (χ3v) is 4.04. The minimum atomic E-state index is -0.637. The van der Waals surface area contributed by atoms with Crippen molar-refractivity contribution in [3.8, 4) is 0 Å². The average Bonchev–Trinajstić information content (AvgIpc) is 3.03. The van der Waals surface area contributed by atoms with Crippen molar-refractivity contribution in [2.24, 2.45) is 5.73 Å². The summed E-state index contributed by atoms with van der Waals surface area (Å²) in [4.78, 5) is 27.9. The Morgan fingerprint density at radius 3 is 2.77 bits per heavy atom. The summed E-state index contributed by atoms with van der Waals surface area (Å²) in [5.41, 5.74) is 6.74. The predicted octanol–water partition coefficient (Wildman–Crippen LogP) is 1.53. The molecule has 0 fully saturated rings. The Balaban J connectivity index is 1.75. The Hall–Kier alpha value is -2.12. The fourth-order valence-corrected chi connectivity index (χ4v) is 2.58. The molecule has 2 aromatic rings.